The largest absolute Gasteiger partial charge is 0.350 e. The Kier molecular flexibility index (Phi) is 4.80. The van der Waals surface area contributed by atoms with E-state index in [9.17, 15) is 4.79 Å². The third-order valence-electron chi connectivity index (χ3n) is 5.01. The Labute approximate surface area is 151 Å². The smallest absolute Gasteiger partial charge is 0.239 e. The third kappa shape index (κ3) is 3.59. The van der Waals surface area contributed by atoms with E-state index < -0.39 is 0 Å². The fraction of sp³-hybridized carbons (Fsp3) is 0.444. The number of benzene rings is 1. The van der Waals surface area contributed by atoms with Crippen LogP contribution in [0.3, 0.4) is 0 Å². The zero-order valence-corrected chi connectivity index (χ0v) is 15.1. The molecule has 25 heavy (non-hydrogen) atoms. The van der Waals surface area contributed by atoms with Gasteiger partial charge in [-0.2, -0.15) is 0 Å². The van der Waals surface area contributed by atoms with Crippen molar-refractivity contribution in [2.24, 2.45) is 5.92 Å². The lowest BCUT2D eigenvalue weighted by molar-refractivity contribution is -0.124. The topological polar surface area (TPSA) is 69.3 Å². The number of carbonyl (C=O) groups is 1. The molecule has 3 N–H and O–H groups in total. The lowest BCUT2D eigenvalue weighted by atomic mass is 9.88. The number of nitrogens with zero attached hydrogens (tertiary/aromatic N) is 2. The van der Waals surface area contributed by atoms with Gasteiger partial charge in [-0.05, 0) is 20.0 Å². The number of amides is 1. The van der Waals surface area contributed by atoms with Gasteiger partial charge in [0.2, 0.25) is 5.91 Å². The minimum absolute atomic E-state index is 0.0601. The summed E-state index contributed by atoms with van der Waals surface area (Å²) in [4.78, 5) is 20.4. The second kappa shape index (κ2) is 7.21. The molecule has 0 saturated carbocycles. The van der Waals surface area contributed by atoms with E-state index in [0.717, 1.165) is 35.0 Å². The monoisotopic (exact) mass is 357 g/mol. The normalized spacial score (nSPS) is 26.4. The van der Waals surface area contributed by atoms with Crippen LogP contribution in [0.4, 0.5) is 0 Å². The molecule has 6 nitrogen and oxygen atoms in total. The number of piperidine rings is 1. The molecule has 2 aliphatic rings. The van der Waals surface area contributed by atoms with Crippen LogP contribution in [0.5, 0.6) is 0 Å². The van der Waals surface area contributed by atoms with Gasteiger partial charge < -0.3 is 10.2 Å². The summed E-state index contributed by atoms with van der Waals surface area (Å²) in [5, 5.41) is 4.05. The summed E-state index contributed by atoms with van der Waals surface area (Å²) in [5.41, 5.74) is 7.58. The average molecular weight is 357 g/mol. The zero-order chi connectivity index (χ0) is 17.2. The van der Waals surface area contributed by atoms with E-state index in [0.29, 0.717) is 18.5 Å². The molecule has 1 aromatic carbocycles. The predicted molar refractivity (Wildman–Crippen MR) is 98.8 cm³/mol. The Morgan fingerprint density at radius 1 is 1.36 bits per heavy atom. The highest BCUT2D eigenvalue weighted by Gasteiger charge is 2.42. The SMILES string of the molecule is CN1CCC2NNC(C(=O)NCc3cnc(-c4ccccc4)s3)C2C1. The molecule has 2 aromatic rings. The van der Waals surface area contributed by atoms with Crippen LogP contribution in [0.1, 0.15) is 11.3 Å². The van der Waals surface area contributed by atoms with Crippen molar-refractivity contribution in [1.82, 2.24) is 26.1 Å². The lowest BCUT2D eigenvalue weighted by Crippen LogP contribution is -2.49. The number of fused-ring (bicyclic) bond motifs is 1. The van der Waals surface area contributed by atoms with Crippen LogP contribution in [0.25, 0.3) is 10.6 Å². The first-order chi connectivity index (χ1) is 12.2. The summed E-state index contributed by atoms with van der Waals surface area (Å²) in [6, 6.07) is 10.3. The Morgan fingerprint density at radius 3 is 3.04 bits per heavy atom. The van der Waals surface area contributed by atoms with Gasteiger partial charge in [-0.3, -0.25) is 10.2 Å². The zero-order valence-electron chi connectivity index (χ0n) is 14.2. The molecule has 0 radical (unpaired) electrons. The first-order valence-corrected chi connectivity index (χ1v) is 9.50. The standard InChI is InChI=1S/C18H23N5OS/c1-23-8-7-15-14(11-23)16(22-21-15)17(24)19-9-13-10-20-18(25-13)12-5-3-2-4-6-12/h2-6,10,14-16,21-22H,7-9,11H2,1H3,(H,19,24). The molecule has 1 amide bonds. The molecule has 132 valence electrons. The second-order valence-corrected chi connectivity index (χ2v) is 7.92. The van der Waals surface area contributed by atoms with Crippen LogP contribution in [-0.4, -0.2) is 48.0 Å². The van der Waals surface area contributed by atoms with Crippen molar-refractivity contribution < 1.29 is 4.79 Å². The number of hydrogen-bond acceptors (Lipinski definition) is 6. The van der Waals surface area contributed by atoms with E-state index in [4.69, 9.17) is 0 Å². The fourth-order valence-corrected chi connectivity index (χ4v) is 4.48. The Bertz CT molecular complexity index is 734. The molecule has 2 fully saturated rings. The van der Waals surface area contributed by atoms with Crippen LogP contribution in [0, 0.1) is 5.92 Å². The molecule has 0 spiro atoms. The van der Waals surface area contributed by atoms with Gasteiger partial charge in [0.15, 0.2) is 0 Å². The minimum atomic E-state index is -0.172. The number of thiazole rings is 1. The molecule has 2 aliphatic heterocycles. The molecular formula is C18H23N5OS. The molecule has 3 heterocycles. The number of aromatic nitrogens is 1. The van der Waals surface area contributed by atoms with Crippen LogP contribution in [-0.2, 0) is 11.3 Å². The van der Waals surface area contributed by atoms with E-state index in [2.05, 4.69) is 45.2 Å². The number of hydrazine groups is 1. The number of nitrogens with one attached hydrogen (secondary N) is 3. The van der Waals surface area contributed by atoms with E-state index in [-0.39, 0.29) is 11.9 Å². The minimum Gasteiger partial charge on any atom is -0.350 e. The summed E-state index contributed by atoms with van der Waals surface area (Å²) in [7, 11) is 2.12. The van der Waals surface area contributed by atoms with Gasteiger partial charge in [0, 0.05) is 35.1 Å². The maximum Gasteiger partial charge on any atom is 0.239 e. The fourth-order valence-electron chi connectivity index (χ4n) is 3.62. The summed E-state index contributed by atoms with van der Waals surface area (Å²) in [6.07, 6.45) is 2.93. The van der Waals surface area contributed by atoms with Crippen molar-refractivity contribution in [3.8, 4) is 10.6 Å². The molecular weight excluding hydrogens is 334 g/mol. The van der Waals surface area contributed by atoms with Gasteiger partial charge in [0.25, 0.3) is 0 Å². The van der Waals surface area contributed by atoms with Gasteiger partial charge in [-0.25, -0.2) is 10.4 Å². The second-order valence-electron chi connectivity index (χ2n) is 6.80. The number of likely N-dealkylation sites (tertiary alicyclic amines) is 1. The Morgan fingerprint density at radius 2 is 2.20 bits per heavy atom. The van der Waals surface area contributed by atoms with Gasteiger partial charge in [-0.1, -0.05) is 30.3 Å². The first-order valence-electron chi connectivity index (χ1n) is 8.68. The average Bonchev–Trinajstić information content (AvgIpc) is 3.27. The van der Waals surface area contributed by atoms with Gasteiger partial charge in [0.05, 0.1) is 6.54 Å². The molecule has 0 bridgehead atoms. The highest BCUT2D eigenvalue weighted by Crippen LogP contribution is 2.26. The van der Waals surface area contributed by atoms with Crippen molar-refractivity contribution >= 4 is 17.2 Å². The Hall–Kier alpha value is -1.80. The molecule has 3 unspecified atom stereocenters. The maximum atomic E-state index is 12.6. The lowest BCUT2D eigenvalue weighted by Gasteiger charge is -2.33. The van der Waals surface area contributed by atoms with E-state index in [1.807, 2.05) is 24.4 Å². The van der Waals surface area contributed by atoms with Crippen molar-refractivity contribution in [1.29, 1.82) is 0 Å². The van der Waals surface area contributed by atoms with Crippen molar-refractivity contribution in [3.63, 3.8) is 0 Å². The summed E-state index contributed by atoms with van der Waals surface area (Å²) >= 11 is 1.62. The van der Waals surface area contributed by atoms with Crippen molar-refractivity contribution in [2.45, 2.75) is 25.0 Å². The molecule has 4 rings (SSSR count). The van der Waals surface area contributed by atoms with Crippen molar-refractivity contribution in [2.75, 3.05) is 20.1 Å². The van der Waals surface area contributed by atoms with Crippen LogP contribution < -0.4 is 16.2 Å². The van der Waals surface area contributed by atoms with Gasteiger partial charge in [0.1, 0.15) is 11.0 Å². The molecule has 7 heteroatoms. The summed E-state index contributed by atoms with van der Waals surface area (Å²) in [6.45, 7) is 2.55. The molecule has 0 aliphatic carbocycles. The first kappa shape index (κ1) is 16.7. The highest BCUT2D eigenvalue weighted by atomic mass is 32.1. The highest BCUT2D eigenvalue weighted by molar-refractivity contribution is 7.15. The molecule has 3 atom stereocenters. The third-order valence-corrected chi connectivity index (χ3v) is 6.05. The van der Waals surface area contributed by atoms with E-state index in [1.54, 1.807) is 11.3 Å². The quantitative estimate of drug-likeness (QED) is 0.768. The number of carbonyl (C=O) groups excluding carboxylic acids is 1. The number of rotatable bonds is 4. The van der Waals surface area contributed by atoms with E-state index >= 15 is 0 Å². The molecule has 1 aromatic heterocycles. The maximum absolute atomic E-state index is 12.6. The van der Waals surface area contributed by atoms with Crippen molar-refractivity contribution in [3.05, 3.63) is 41.4 Å². The predicted octanol–water partition coefficient (Wildman–Crippen LogP) is 1.22. The van der Waals surface area contributed by atoms with Crippen LogP contribution in [0.2, 0.25) is 0 Å². The summed E-state index contributed by atoms with van der Waals surface area (Å²) in [5.74, 6) is 0.380. The van der Waals surface area contributed by atoms with E-state index in [1.165, 1.54) is 0 Å². The van der Waals surface area contributed by atoms with Crippen LogP contribution >= 0.6 is 11.3 Å². The van der Waals surface area contributed by atoms with Crippen LogP contribution in [0.15, 0.2) is 36.5 Å². The number of hydrogen-bond donors (Lipinski definition) is 3. The molecule has 2 saturated heterocycles. The Balaban J connectivity index is 1.35. The van der Waals surface area contributed by atoms with Gasteiger partial charge in [-0.15, -0.1) is 11.3 Å². The van der Waals surface area contributed by atoms with Gasteiger partial charge >= 0.3 is 0 Å². The summed E-state index contributed by atoms with van der Waals surface area (Å²) < 4.78 is 0.